The van der Waals surface area contributed by atoms with Gasteiger partial charge in [0, 0.05) is 36.9 Å². The number of nitriles is 1. The molecule has 0 bridgehead atoms. The summed E-state index contributed by atoms with van der Waals surface area (Å²) in [6.07, 6.45) is 0. The fourth-order valence-electron chi connectivity index (χ4n) is 2.33. The minimum absolute atomic E-state index is 0.00711. The van der Waals surface area contributed by atoms with Crippen LogP contribution in [-0.2, 0) is 0 Å². The molecule has 0 saturated carbocycles. The first-order valence-corrected chi connectivity index (χ1v) is 6.11. The number of hydrogen-bond donors (Lipinski definition) is 1. The Hall–Kier alpha value is -2.13. The molecule has 1 fully saturated rings. The zero-order chi connectivity index (χ0) is 14.0. The lowest BCUT2D eigenvalue weighted by Crippen LogP contribution is -2.57. The maximum Gasteiger partial charge on any atom is 0.287 e. The van der Waals surface area contributed by atoms with E-state index in [2.05, 4.69) is 24.1 Å². The molecule has 0 spiro atoms. The minimum Gasteiger partial charge on any atom is -0.368 e. The summed E-state index contributed by atoms with van der Waals surface area (Å²) in [6, 6.07) is 6.60. The zero-order valence-electron chi connectivity index (χ0n) is 11.0. The molecule has 1 saturated heterocycles. The molecule has 1 aliphatic heterocycles. The van der Waals surface area contributed by atoms with Crippen LogP contribution in [0.15, 0.2) is 18.2 Å². The maximum atomic E-state index is 10.8. The number of rotatable bonds is 2. The van der Waals surface area contributed by atoms with Gasteiger partial charge in [-0.3, -0.25) is 10.1 Å². The van der Waals surface area contributed by atoms with Gasteiger partial charge in [-0.15, -0.1) is 0 Å². The summed E-state index contributed by atoms with van der Waals surface area (Å²) < 4.78 is 0. The second-order valence-corrected chi connectivity index (χ2v) is 5.30. The summed E-state index contributed by atoms with van der Waals surface area (Å²) in [5.41, 5.74) is 0.823. The van der Waals surface area contributed by atoms with Gasteiger partial charge in [-0.05, 0) is 26.0 Å². The molecule has 1 aromatic rings. The first kappa shape index (κ1) is 13.3. The van der Waals surface area contributed by atoms with Crippen molar-refractivity contribution in [3.05, 3.63) is 33.9 Å². The van der Waals surface area contributed by atoms with E-state index in [4.69, 9.17) is 5.26 Å². The van der Waals surface area contributed by atoms with Crippen molar-refractivity contribution in [2.24, 2.45) is 0 Å². The zero-order valence-corrected chi connectivity index (χ0v) is 11.0. The molecular formula is C13H16N4O2. The van der Waals surface area contributed by atoms with Gasteiger partial charge in [0.05, 0.1) is 4.92 Å². The summed E-state index contributed by atoms with van der Waals surface area (Å²) in [4.78, 5) is 12.4. The first-order valence-electron chi connectivity index (χ1n) is 6.11. The number of nitro groups is 1. The van der Waals surface area contributed by atoms with Gasteiger partial charge in [-0.2, -0.15) is 5.26 Å². The molecule has 0 aromatic heterocycles. The highest BCUT2D eigenvalue weighted by molar-refractivity contribution is 5.60. The fourth-order valence-corrected chi connectivity index (χ4v) is 2.33. The van der Waals surface area contributed by atoms with Gasteiger partial charge in [0.2, 0.25) is 0 Å². The fraction of sp³-hybridized carbons (Fsp3) is 0.462. The third kappa shape index (κ3) is 2.83. The third-order valence-corrected chi connectivity index (χ3v) is 3.23. The largest absolute Gasteiger partial charge is 0.368 e. The SMILES string of the molecule is CC1(C)CN(c2ccc([N+](=O)[O-])c(C#N)c2)CCN1. The van der Waals surface area contributed by atoms with Gasteiger partial charge in [0.25, 0.3) is 5.69 Å². The Bertz CT molecular complexity index is 548. The molecule has 100 valence electrons. The first-order chi connectivity index (χ1) is 8.93. The van der Waals surface area contributed by atoms with Crippen molar-refractivity contribution in [3.8, 4) is 6.07 Å². The van der Waals surface area contributed by atoms with Crippen LogP contribution in [0.5, 0.6) is 0 Å². The molecule has 1 aliphatic rings. The van der Waals surface area contributed by atoms with Crippen molar-refractivity contribution in [1.29, 1.82) is 5.26 Å². The smallest absolute Gasteiger partial charge is 0.287 e. The van der Waals surface area contributed by atoms with E-state index in [-0.39, 0.29) is 16.8 Å². The molecule has 6 heteroatoms. The van der Waals surface area contributed by atoms with Crippen LogP contribution >= 0.6 is 0 Å². The molecule has 0 atom stereocenters. The topological polar surface area (TPSA) is 82.2 Å². The monoisotopic (exact) mass is 260 g/mol. The van der Waals surface area contributed by atoms with Gasteiger partial charge < -0.3 is 10.2 Å². The van der Waals surface area contributed by atoms with Crippen LogP contribution in [0.2, 0.25) is 0 Å². The number of nitrogens with zero attached hydrogens (tertiary/aromatic N) is 3. The van der Waals surface area contributed by atoms with Crippen molar-refractivity contribution < 1.29 is 4.92 Å². The van der Waals surface area contributed by atoms with E-state index in [0.717, 1.165) is 25.3 Å². The standard InChI is InChI=1S/C13H16N4O2/c1-13(2)9-16(6-5-15-13)11-3-4-12(17(18)19)10(7-11)8-14/h3-4,7,15H,5-6,9H2,1-2H3. The van der Waals surface area contributed by atoms with Gasteiger partial charge in [-0.25, -0.2) is 0 Å². The molecule has 0 aliphatic carbocycles. The van der Waals surface area contributed by atoms with Gasteiger partial charge in [0.1, 0.15) is 11.6 Å². The van der Waals surface area contributed by atoms with Crippen LogP contribution in [0.4, 0.5) is 11.4 Å². The van der Waals surface area contributed by atoms with Crippen LogP contribution in [0.1, 0.15) is 19.4 Å². The van der Waals surface area contributed by atoms with Crippen LogP contribution in [0, 0.1) is 21.4 Å². The highest BCUT2D eigenvalue weighted by atomic mass is 16.6. The molecule has 19 heavy (non-hydrogen) atoms. The molecular weight excluding hydrogens is 244 g/mol. The van der Waals surface area contributed by atoms with E-state index in [1.54, 1.807) is 12.1 Å². The summed E-state index contributed by atoms with van der Waals surface area (Å²) in [7, 11) is 0. The number of nitrogens with one attached hydrogen (secondary N) is 1. The molecule has 6 nitrogen and oxygen atoms in total. The number of anilines is 1. The summed E-state index contributed by atoms with van der Waals surface area (Å²) >= 11 is 0. The number of hydrogen-bond acceptors (Lipinski definition) is 5. The minimum atomic E-state index is -0.524. The summed E-state index contributed by atoms with van der Waals surface area (Å²) in [5.74, 6) is 0. The normalized spacial score (nSPS) is 17.8. The number of piperazine rings is 1. The van der Waals surface area contributed by atoms with Gasteiger partial charge in [0.15, 0.2) is 0 Å². The Balaban J connectivity index is 2.31. The average molecular weight is 260 g/mol. The van der Waals surface area contributed by atoms with E-state index in [0.29, 0.717) is 0 Å². The third-order valence-electron chi connectivity index (χ3n) is 3.23. The van der Waals surface area contributed by atoms with Gasteiger partial charge >= 0.3 is 0 Å². The van der Waals surface area contributed by atoms with Crippen LogP contribution in [0.3, 0.4) is 0 Å². The summed E-state index contributed by atoms with van der Waals surface area (Å²) in [5, 5.41) is 23.2. The van der Waals surface area contributed by atoms with E-state index >= 15 is 0 Å². The van der Waals surface area contributed by atoms with Crippen molar-refractivity contribution in [3.63, 3.8) is 0 Å². The van der Waals surface area contributed by atoms with Gasteiger partial charge in [-0.1, -0.05) is 0 Å². The quantitative estimate of drug-likeness (QED) is 0.646. The predicted molar refractivity (Wildman–Crippen MR) is 72.1 cm³/mol. The molecule has 0 unspecified atom stereocenters. The lowest BCUT2D eigenvalue weighted by Gasteiger charge is -2.40. The summed E-state index contributed by atoms with van der Waals surface area (Å²) in [6.45, 7) is 6.69. The second-order valence-electron chi connectivity index (χ2n) is 5.30. The molecule has 0 radical (unpaired) electrons. The van der Waals surface area contributed by atoms with Crippen molar-refractivity contribution in [2.45, 2.75) is 19.4 Å². The Labute approximate surface area is 111 Å². The lowest BCUT2D eigenvalue weighted by atomic mass is 10.0. The van der Waals surface area contributed by atoms with E-state index in [9.17, 15) is 10.1 Å². The van der Waals surface area contributed by atoms with Crippen molar-refractivity contribution >= 4 is 11.4 Å². The van der Waals surface area contributed by atoms with E-state index in [1.165, 1.54) is 6.07 Å². The van der Waals surface area contributed by atoms with Crippen LogP contribution in [0.25, 0.3) is 0 Å². The van der Waals surface area contributed by atoms with Crippen LogP contribution in [-0.4, -0.2) is 30.1 Å². The van der Waals surface area contributed by atoms with E-state index in [1.807, 2.05) is 6.07 Å². The lowest BCUT2D eigenvalue weighted by molar-refractivity contribution is -0.385. The highest BCUT2D eigenvalue weighted by Gasteiger charge is 2.26. The molecule has 1 aromatic carbocycles. The average Bonchev–Trinajstić information content (AvgIpc) is 2.36. The Morgan fingerprint density at radius 3 is 2.84 bits per heavy atom. The Kier molecular flexibility index (Phi) is 3.40. The Morgan fingerprint density at radius 1 is 1.53 bits per heavy atom. The second kappa shape index (κ2) is 4.86. The highest BCUT2D eigenvalue weighted by Crippen LogP contribution is 2.26. The molecule has 0 amide bonds. The van der Waals surface area contributed by atoms with Crippen molar-refractivity contribution in [2.75, 3.05) is 24.5 Å². The molecule has 1 heterocycles. The Morgan fingerprint density at radius 2 is 2.26 bits per heavy atom. The predicted octanol–water partition coefficient (Wildman–Crippen LogP) is 1.65. The van der Waals surface area contributed by atoms with Crippen LogP contribution < -0.4 is 10.2 Å². The van der Waals surface area contributed by atoms with Crippen molar-refractivity contribution in [1.82, 2.24) is 5.32 Å². The molecule has 1 N–H and O–H groups in total. The maximum absolute atomic E-state index is 10.8. The molecule has 2 rings (SSSR count). The number of benzene rings is 1. The van der Waals surface area contributed by atoms with E-state index < -0.39 is 4.92 Å². The number of nitro benzene ring substituents is 1.